The van der Waals surface area contributed by atoms with E-state index in [1.165, 1.54) is 0 Å². The molecule has 148 valence electrons. The highest BCUT2D eigenvalue weighted by Crippen LogP contribution is 2.08. The van der Waals surface area contributed by atoms with Crippen molar-refractivity contribution in [1.82, 2.24) is 10.6 Å². The number of hydrogen-bond acceptors (Lipinski definition) is 4. The molecule has 26 heavy (non-hydrogen) atoms. The van der Waals surface area contributed by atoms with Gasteiger partial charge in [0.2, 0.25) is 0 Å². The van der Waals surface area contributed by atoms with Gasteiger partial charge in [0.1, 0.15) is 0 Å². The first kappa shape index (κ1) is 22.4. The summed E-state index contributed by atoms with van der Waals surface area (Å²) >= 11 is 0. The van der Waals surface area contributed by atoms with E-state index in [2.05, 4.69) is 40.7 Å². The lowest BCUT2D eigenvalue weighted by Gasteiger charge is -2.24. The van der Waals surface area contributed by atoms with Crippen LogP contribution in [0.5, 0.6) is 0 Å². The fraction of sp³-hybridized carbons (Fsp3) is 0.650. The third kappa shape index (κ3) is 9.75. The Balaban J connectivity index is 2.55. The molecular formula is C20H35N3O3. The van der Waals surface area contributed by atoms with Crippen molar-refractivity contribution in [2.45, 2.75) is 46.4 Å². The standard InChI is InChI=1S/C20H35N3O3/c1-6-21-19(23-16-20(3,4)24-5)22-14-17-9-8-10-18(13-17)15-26-12-11-25-7-2/h8-10,13H,6-7,11-12,14-16H2,1-5H3,(H2,21,22,23). The average molecular weight is 366 g/mol. The molecule has 0 spiro atoms. The van der Waals surface area contributed by atoms with Crippen molar-refractivity contribution in [3.8, 4) is 0 Å². The fourth-order valence-electron chi connectivity index (χ4n) is 2.15. The van der Waals surface area contributed by atoms with Crippen LogP contribution in [0.3, 0.4) is 0 Å². The van der Waals surface area contributed by atoms with Gasteiger partial charge in [0, 0.05) is 26.8 Å². The predicted molar refractivity (Wildman–Crippen MR) is 106 cm³/mol. The van der Waals surface area contributed by atoms with Gasteiger partial charge < -0.3 is 24.8 Å². The SMILES string of the molecule is CCNC(=NCc1cccc(COCCOCC)c1)NCC(C)(C)OC. The van der Waals surface area contributed by atoms with Crippen molar-refractivity contribution >= 4 is 5.96 Å². The minimum atomic E-state index is -0.241. The van der Waals surface area contributed by atoms with Crippen LogP contribution in [0.1, 0.15) is 38.8 Å². The van der Waals surface area contributed by atoms with Gasteiger partial charge in [0.05, 0.1) is 32.0 Å². The molecule has 0 amide bonds. The van der Waals surface area contributed by atoms with E-state index in [4.69, 9.17) is 14.2 Å². The number of nitrogens with one attached hydrogen (secondary N) is 2. The van der Waals surface area contributed by atoms with Crippen LogP contribution in [0.2, 0.25) is 0 Å². The summed E-state index contributed by atoms with van der Waals surface area (Å²) in [7, 11) is 1.72. The van der Waals surface area contributed by atoms with Crippen LogP contribution in [0.15, 0.2) is 29.3 Å². The third-order valence-electron chi connectivity index (χ3n) is 3.83. The van der Waals surface area contributed by atoms with E-state index in [-0.39, 0.29) is 5.60 Å². The number of benzene rings is 1. The van der Waals surface area contributed by atoms with Gasteiger partial charge in [-0.1, -0.05) is 24.3 Å². The molecule has 0 aliphatic rings. The van der Waals surface area contributed by atoms with Crippen LogP contribution in [0, 0.1) is 0 Å². The van der Waals surface area contributed by atoms with Crippen LogP contribution in [0.25, 0.3) is 0 Å². The highest BCUT2D eigenvalue weighted by Gasteiger charge is 2.16. The number of methoxy groups -OCH3 is 1. The molecule has 0 radical (unpaired) electrons. The lowest BCUT2D eigenvalue weighted by molar-refractivity contribution is 0.0268. The van der Waals surface area contributed by atoms with Crippen molar-refractivity contribution < 1.29 is 14.2 Å². The van der Waals surface area contributed by atoms with E-state index in [0.29, 0.717) is 32.9 Å². The first-order valence-corrected chi connectivity index (χ1v) is 9.31. The summed E-state index contributed by atoms with van der Waals surface area (Å²) in [5, 5.41) is 6.59. The Morgan fingerprint density at radius 3 is 2.50 bits per heavy atom. The van der Waals surface area contributed by atoms with Gasteiger partial charge in [-0.15, -0.1) is 0 Å². The van der Waals surface area contributed by atoms with Gasteiger partial charge in [0.15, 0.2) is 5.96 Å². The number of rotatable bonds is 12. The van der Waals surface area contributed by atoms with E-state index < -0.39 is 0 Å². The fourth-order valence-corrected chi connectivity index (χ4v) is 2.15. The largest absolute Gasteiger partial charge is 0.379 e. The van der Waals surface area contributed by atoms with Crippen LogP contribution in [-0.4, -0.2) is 51.6 Å². The molecule has 1 aromatic rings. The highest BCUT2D eigenvalue weighted by atomic mass is 16.5. The molecule has 0 aliphatic carbocycles. The first-order valence-electron chi connectivity index (χ1n) is 9.31. The first-order chi connectivity index (χ1) is 12.5. The van der Waals surface area contributed by atoms with Crippen LogP contribution < -0.4 is 10.6 Å². The Morgan fingerprint density at radius 2 is 1.81 bits per heavy atom. The molecule has 0 saturated heterocycles. The van der Waals surface area contributed by atoms with Crippen LogP contribution >= 0.6 is 0 Å². The summed E-state index contributed by atoms with van der Waals surface area (Å²) in [6, 6.07) is 8.32. The van der Waals surface area contributed by atoms with Gasteiger partial charge >= 0.3 is 0 Å². The number of hydrogen-bond donors (Lipinski definition) is 2. The van der Waals surface area contributed by atoms with E-state index in [1.807, 2.05) is 26.8 Å². The molecule has 0 aromatic heterocycles. The van der Waals surface area contributed by atoms with Crippen LogP contribution in [0.4, 0.5) is 0 Å². The van der Waals surface area contributed by atoms with Gasteiger partial charge in [-0.3, -0.25) is 0 Å². The molecule has 2 N–H and O–H groups in total. The van der Waals surface area contributed by atoms with E-state index in [1.54, 1.807) is 7.11 Å². The lowest BCUT2D eigenvalue weighted by Crippen LogP contribution is -2.45. The zero-order valence-corrected chi connectivity index (χ0v) is 16.9. The van der Waals surface area contributed by atoms with E-state index >= 15 is 0 Å². The number of nitrogens with zero attached hydrogens (tertiary/aromatic N) is 1. The second-order valence-corrected chi connectivity index (χ2v) is 6.58. The molecule has 0 fully saturated rings. The Bertz CT molecular complexity index is 533. The molecule has 0 atom stereocenters. The molecule has 0 unspecified atom stereocenters. The Morgan fingerprint density at radius 1 is 1.08 bits per heavy atom. The van der Waals surface area contributed by atoms with Gasteiger partial charge in [-0.25, -0.2) is 4.99 Å². The second-order valence-electron chi connectivity index (χ2n) is 6.58. The molecule has 0 aliphatic heterocycles. The van der Waals surface area contributed by atoms with Gasteiger partial charge in [-0.2, -0.15) is 0 Å². The monoisotopic (exact) mass is 365 g/mol. The smallest absolute Gasteiger partial charge is 0.191 e. The molecule has 0 heterocycles. The molecule has 6 nitrogen and oxygen atoms in total. The quantitative estimate of drug-likeness (QED) is 0.339. The van der Waals surface area contributed by atoms with Gasteiger partial charge in [0.25, 0.3) is 0 Å². The zero-order valence-electron chi connectivity index (χ0n) is 16.9. The predicted octanol–water partition coefficient (Wildman–Crippen LogP) is 2.72. The molecule has 0 bridgehead atoms. The number of aliphatic imine (C=N–C) groups is 1. The summed E-state index contributed by atoms with van der Waals surface area (Å²) in [4.78, 5) is 4.66. The Kier molecular flexibility index (Phi) is 10.9. The minimum absolute atomic E-state index is 0.241. The van der Waals surface area contributed by atoms with Crippen molar-refractivity contribution in [1.29, 1.82) is 0 Å². The lowest BCUT2D eigenvalue weighted by atomic mass is 10.1. The van der Waals surface area contributed by atoms with Crippen LogP contribution in [-0.2, 0) is 27.4 Å². The van der Waals surface area contributed by atoms with E-state index in [9.17, 15) is 0 Å². The topological polar surface area (TPSA) is 64.1 Å². The summed E-state index contributed by atoms with van der Waals surface area (Å²) < 4.78 is 16.3. The maximum atomic E-state index is 5.63. The van der Waals surface area contributed by atoms with E-state index in [0.717, 1.165) is 30.2 Å². The molecule has 1 aromatic carbocycles. The molecule has 0 saturated carbocycles. The maximum absolute atomic E-state index is 5.63. The van der Waals surface area contributed by atoms with Gasteiger partial charge in [-0.05, 0) is 38.8 Å². The summed E-state index contributed by atoms with van der Waals surface area (Å²) in [6.45, 7) is 12.8. The second kappa shape index (κ2) is 12.7. The van der Waals surface area contributed by atoms with Crippen molar-refractivity contribution in [3.63, 3.8) is 0 Å². The average Bonchev–Trinajstić information content (AvgIpc) is 2.64. The summed E-state index contributed by atoms with van der Waals surface area (Å²) in [5.74, 6) is 0.788. The Labute approximate surface area is 158 Å². The Hall–Kier alpha value is -1.63. The summed E-state index contributed by atoms with van der Waals surface area (Å²) in [6.07, 6.45) is 0. The third-order valence-corrected chi connectivity index (χ3v) is 3.83. The van der Waals surface area contributed by atoms with Crippen molar-refractivity contribution in [2.75, 3.05) is 40.0 Å². The number of ether oxygens (including phenoxy) is 3. The van der Waals surface area contributed by atoms with Crippen molar-refractivity contribution in [2.24, 2.45) is 4.99 Å². The summed E-state index contributed by atoms with van der Waals surface area (Å²) in [5.41, 5.74) is 2.06. The molecule has 1 rings (SSSR count). The maximum Gasteiger partial charge on any atom is 0.191 e. The zero-order chi connectivity index (χ0) is 19.3. The normalized spacial score (nSPS) is 12.3. The molecular weight excluding hydrogens is 330 g/mol. The molecule has 6 heteroatoms. The number of guanidine groups is 1. The minimum Gasteiger partial charge on any atom is -0.379 e. The highest BCUT2D eigenvalue weighted by molar-refractivity contribution is 5.79. The van der Waals surface area contributed by atoms with Crippen molar-refractivity contribution in [3.05, 3.63) is 35.4 Å².